The number of ether oxygens (including phenoxy) is 2. The van der Waals surface area contributed by atoms with Crippen molar-refractivity contribution < 1.29 is 9.47 Å². The molecule has 2 aromatic rings. The van der Waals surface area contributed by atoms with Crippen LogP contribution in [-0.4, -0.2) is 13.2 Å². The number of rotatable bonds is 8. The first kappa shape index (κ1) is 21.9. The number of benzene rings is 2. The summed E-state index contributed by atoms with van der Waals surface area (Å²) in [7, 11) is 0. The van der Waals surface area contributed by atoms with Gasteiger partial charge in [0.25, 0.3) is 0 Å². The molecule has 0 saturated carbocycles. The lowest BCUT2D eigenvalue weighted by Crippen LogP contribution is -1.92. The van der Waals surface area contributed by atoms with Crippen LogP contribution in [0.4, 0.5) is 0 Å². The number of hydrogen-bond acceptors (Lipinski definition) is 2. The third kappa shape index (κ3) is 12.2. The van der Waals surface area contributed by atoms with Gasteiger partial charge in [-0.05, 0) is 38.8 Å². The van der Waals surface area contributed by atoms with Gasteiger partial charge in [0.15, 0.2) is 0 Å². The second-order valence-corrected chi connectivity index (χ2v) is 6.56. The molecule has 0 N–H and O–H groups in total. The first-order valence-corrected chi connectivity index (χ1v) is 9.08. The van der Waals surface area contributed by atoms with E-state index in [1.165, 1.54) is 22.3 Å². The lowest BCUT2D eigenvalue weighted by Gasteiger charge is -2.00. The molecule has 0 amide bonds. The normalized spacial score (nSPS) is 9.69. The molecule has 0 radical (unpaired) electrons. The molecular weight excluding hydrogens is 320 g/mol. The van der Waals surface area contributed by atoms with E-state index in [4.69, 9.17) is 9.47 Å². The molecule has 0 atom stereocenters. The third-order valence-electron chi connectivity index (χ3n) is 3.44. The summed E-state index contributed by atoms with van der Waals surface area (Å²) < 4.78 is 10.9. The molecule has 0 aliphatic heterocycles. The summed E-state index contributed by atoms with van der Waals surface area (Å²) in [4.78, 5) is 0. The second kappa shape index (κ2) is 14.1. The second-order valence-electron chi connectivity index (χ2n) is 6.56. The molecule has 26 heavy (non-hydrogen) atoms. The molecule has 0 heterocycles. The summed E-state index contributed by atoms with van der Waals surface area (Å²) in [6.07, 6.45) is 4.17. The maximum atomic E-state index is 5.45. The van der Waals surface area contributed by atoms with Gasteiger partial charge in [-0.1, -0.05) is 84.0 Å². The van der Waals surface area contributed by atoms with Crippen molar-refractivity contribution in [2.24, 2.45) is 0 Å². The van der Waals surface area contributed by atoms with E-state index in [2.05, 4.69) is 64.1 Å². The molecule has 0 saturated heterocycles. The highest BCUT2D eigenvalue weighted by Gasteiger charge is 1.90. The Labute approximate surface area is 159 Å². The van der Waals surface area contributed by atoms with Crippen LogP contribution in [0.25, 0.3) is 0 Å². The smallest absolute Gasteiger partial charge is 0.0721 e. The lowest BCUT2D eigenvalue weighted by atomic mass is 10.2. The lowest BCUT2D eigenvalue weighted by molar-refractivity contribution is 0.148. The van der Waals surface area contributed by atoms with Gasteiger partial charge in [-0.15, -0.1) is 0 Å². The molecule has 2 heteroatoms. The Balaban J connectivity index is 0.000000260. The van der Waals surface area contributed by atoms with Crippen LogP contribution in [0, 0.1) is 0 Å². The molecule has 140 valence electrons. The predicted octanol–water partition coefficient (Wildman–Crippen LogP) is 6.34. The zero-order chi connectivity index (χ0) is 19.0. The van der Waals surface area contributed by atoms with Crippen molar-refractivity contribution in [1.82, 2.24) is 0 Å². The topological polar surface area (TPSA) is 18.5 Å². The Bertz CT molecular complexity index is 575. The van der Waals surface area contributed by atoms with Gasteiger partial charge in [-0.25, -0.2) is 0 Å². The molecule has 2 nitrogen and oxygen atoms in total. The van der Waals surface area contributed by atoms with Crippen LogP contribution < -0.4 is 0 Å². The molecule has 0 fully saturated rings. The quantitative estimate of drug-likeness (QED) is 0.408. The van der Waals surface area contributed by atoms with Crippen molar-refractivity contribution in [3.8, 4) is 0 Å². The fourth-order valence-corrected chi connectivity index (χ4v) is 1.95. The highest BCUT2D eigenvalue weighted by molar-refractivity contribution is 5.14. The first-order chi connectivity index (χ1) is 12.6. The summed E-state index contributed by atoms with van der Waals surface area (Å²) in [5.41, 5.74) is 5.05. The zero-order valence-corrected chi connectivity index (χ0v) is 16.6. The molecule has 0 unspecified atom stereocenters. The molecule has 0 aliphatic rings. The van der Waals surface area contributed by atoms with Crippen molar-refractivity contribution in [2.45, 2.75) is 40.9 Å². The average Bonchev–Trinajstić information content (AvgIpc) is 2.64. The molecule has 2 rings (SSSR count). The predicted molar refractivity (Wildman–Crippen MR) is 111 cm³/mol. The van der Waals surface area contributed by atoms with Crippen LogP contribution in [-0.2, 0) is 22.7 Å². The minimum atomic E-state index is 0.699. The molecule has 0 spiro atoms. The van der Waals surface area contributed by atoms with E-state index in [1.54, 1.807) is 0 Å². The van der Waals surface area contributed by atoms with Crippen LogP contribution in [0.15, 0.2) is 84.0 Å². The van der Waals surface area contributed by atoms with E-state index < -0.39 is 0 Å². The number of allylic oxidation sites excluding steroid dienone is 2. The fraction of sp³-hybridized carbons (Fsp3) is 0.333. The van der Waals surface area contributed by atoms with Crippen molar-refractivity contribution in [1.29, 1.82) is 0 Å². The van der Waals surface area contributed by atoms with Crippen molar-refractivity contribution in [2.75, 3.05) is 13.2 Å². The molecule has 0 aromatic heterocycles. The standard InChI is InChI=1S/2C12H16O/c2*1-11(2)8-9-13-10-12-6-4-3-5-7-12/h2*3-8H,9-10H2,1-2H3. The third-order valence-corrected chi connectivity index (χ3v) is 3.44. The Morgan fingerprint density at radius 2 is 0.962 bits per heavy atom. The minimum absolute atomic E-state index is 0.699. The summed E-state index contributed by atoms with van der Waals surface area (Å²) in [6, 6.07) is 20.4. The van der Waals surface area contributed by atoms with Crippen LogP contribution in [0.2, 0.25) is 0 Å². The van der Waals surface area contributed by atoms with Gasteiger partial charge in [-0.2, -0.15) is 0 Å². The monoisotopic (exact) mass is 352 g/mol. The van der Waals surface area contributed by atoms with E-state index in [9.17, 15) is 0 Å². The van der Waals surface area contributed by atoms with Crippen LogP contribution in [0.1, 0.15) is 38.8 Å². The van der Waals surface area contributed by atoms with Gasteiger partial charge >= 0.3 is 0 Å². The van der Waals surface area contributed by atoms with E-state index in [1.807, 2.05) is 36.4 Å². The SMILES string of the molecule is CC(C)=CCOCc1ccccc1.CC(C)=CCOCc1ccccc1. The Kier molecular flexibility index (Phi) is 11.8. The van der Waals surface area contributed by atoms with Crippen LogP contribution in [0.3, 0.4) is 0 Å². The highest BCUT2D eigenvalue weighted by atomic mass is 16.5. The highest BCUT2D eigenvalue weighted by Crippen LogP contribution is 2.01. The van der Waals surface area contributed by atoms with Gasteiger partial charge in [0.1, 0.15) is 0 Å². The first-order valence-electron chi connectivity index (χ1n) is 9.08. The minimum Gasteiger partial charge on any atom is -0.373 e. The summed E-state index contributed by atoms with van der Waals surface area (Å²) in [5.74, 6) is 0. The van der Waals surface area contributed by atoms with Gasteiger partial charge in [-0.3, -0.25) is 0 Å². The summed E-state index contributed by atoms with van der Waals surface area (Å²) >= 11 is 0. The molecular formula is C24H32O2. The Hall–Kier alpha value is -2.16. The number of hydrogen-bond donors (Lipinski definition) is 0. The van der Waals surface area contributed by atoms with Gasteiger partial charge in [0.2, 0.25) is 0 Å². The van der Waals surface area contributed by atoms with Crippen molar-refractivity contribution in [3.05, 3.63) is 95.1 Å². The van der Waals surface area contributed by atoms with Crippen molar-refractivity contribution >= 4 is 0 Å². The van der Waals surface area contributed by atoms with Crippen molar-refractivity contribution in [3.63, 3.8) is 0 Å². The van der Waals surface area contributed by atoms with E-state index >= 15 is 0 Å². The molecule has 2 aromatic carbocycles. The molecule has 0 aliphatic carbocycles. The van der Waals surface area contributed by atoms with E-state index in [0.29, 0.717) is 26.4 Å². The van der Waals surface area contributed by atoms with E-state index in [0.717, 1.165) is 0 Å². The van der Waals surface area contributed by atoms with Crippen LogP contribution in [0.5, 0.6) is 0 Å². The van der Waals surface area contributed by atoms with Crippen LogP contribution >= 0.6 is 0 Å². The van der Waals surface area contributed by atoms with Gasteiger partial charge in [0.05, 0.1) is 26.4 Å². The van der Waals surface area contributed by atoms with E-state index in [-0.39, 0.29) is 0 Å². The summed E-state index contributed by atoms with van der Waals surface area (Å²) in [5, 5.41) is 0. The Morgan fingerprint density at radius 3 is 1.27 bits per heavy atom. The largest absolute Gasteiger partial charge is 0.373 e. The van der Waals surface area contributed by atoms with Gasteiger partial charge < -0.3 is 9.47 Å². The maximum Gasteiger partial charge on any atom is 0.0721 e. The Morgan fingerprint density at radius 1 is 0.615 bits per heavy atom. The molecule has 0 bridgehead atoms. The summed E-state index contributed by atoms with van der Waals surface area (Å²) in [6.45, 7) is 11.1. The average molecular weight is 353 g/mol. The maximum absolute atomic E-state index is 5.45. The fourth-order valence-electron chi connectivity index (χ4n) is 1.95. The van der Waals surface area contributed by atoms with Gasteiger partial charge in [0, 0.05) is 0 Å². The zero-order valence-electron chi connectivity index (χ0n) is 16.6.